The molecule has 1 aliphatic heterocycles. The van der Waals surface area contributed by atoms with Crippen LogP contribution in [-0.2, 0) is 0 Å². The molecule has 6 nitrogen and oxygen atoms in total. The molecule has 2 aromatic rings. The van der Waals surface area contributed by atoms with Gasteiger partial charge in [0.15, 0.2) is 0 Å². The van der Waals surface area contributed by atoms with E-state index in [0.717, 1.165) is 36.2 Å². The summed E-state index contributed by atoms with van der Waals surface area (Å²) in [6.45, 7) is 3.54. The van der Waals surface area contributed by atoms with Gasteiger partial charge in [-0.25, -0.2) is 10.8 Å². The summed E-state index contributed by atoms with van der Waals surface area (Å²) in [4.78, 5) is 11.0. The van der Waals surface area contributed by atoms with Gasteiger partial charge in [-0.1, -0.05) is 12.1 Å². The SMILES string of the molecule is CC(O)C1CCN(c2nc(NN)nc3ccccc23)C1. The lowest BCUT2D eigenvalue weighted by atomic mass is 10.0. The lowest BCUT2D eigenvalue weighted by molar-refractivity contribution is 0.136. The van der Waals surface area contributed by atoms with Gasteiger partial charge in [0.25, 0.3) is 0 Å². The topological polar surface area (TPSA) is 87.3 Å². The lowest BCUT2D eigenvalue weighted by Gasteiger charge is -2.20. The summed E-state index contributed by atoms with van der Waals surface area (Å²) in [6, 6.07) is 7.89. The minimum atomic E-state index is -0.291. The fraction of sp³-hybridized carbons (Fsp3) is 0.429. The van der Waals surface area contributed by atoms with Crippen molar-refractivity contribution in [2.24, 2.45) is 11.8 Å². The molecule has 1 saturated heterocycles. The number of benzene rings is 1. The van der Waals surface area contributed by atoms with Gasteiger partial charge in [0, 0.05) is 24.4 Å². The number of aliphatic hydroxyl groups is 1. The van der Waals surface area contributed by atoms with E-state index in [9.17, 15) is 5.11 Å². The molecule has 0 radical (unpaired) electrons. The number of para-hydroxylation sites is 1. The standard InChI is InChI=1S/C14H19N5O/c1-9(20)10-6-7-19(8-10)13-11-4-2-3-5-12(11)16-14(17-13)18-15/h2-5,9-10,20H,6-8,15H2,1H3,(H,16,17,18). The lowest BCUT2D eigenvalue weighted by Crippen LogP contribution is -2.25. The van der Waals surface area contributed by atoms with Crippen LogP contribution < -0.4 is 16.2 Å². The number of nitrogen functional groups attached to an aromatic ring is 1. The first-order valence-corrected chi connectivity index (χ1v) is 6.85. The highest BCUT2D eigenvalue weighted by molar-refractivity contribution is 5.90. The van der Waals surface area contributed by atoms with Crippen LogP contribution in [0, 0.1) is 5.92 Å². The number of rotatable bonds is 3. The molecule has 1 aromatic heterocycles. The normalized spacial score (nSPS) is 20.4. The average molecular weight is 273 g/mol. The molecular formula is C14H19N5O. The van der Waals surface area contributed by atoms with Crippen molar-refractivity contribution in [2.75, 3.05) is 23.4 Å². The molecule has 6 heteroatoms. The highest BCUT2D eigenvalue weighted by Gasteiger charge is 2.28. The summed E-state index contributed by atoms with van der Waals surface area (Å²) in [5.41, 5.74) is 3.39. The third-order valence-electron chi connectivity index (χ3n) is 3.92. The van der Waals surface area contributed by atoms with E-state index in [1.807, 2.05) is 31.2 Å². The number of hydrazine groups is 1. The van der Waals surface area contributed by atoms with Crippen LogP contribution in [0.4, 0.5) is 11.8 Å². The maximum atomic E-state index is 9.74. The summed E-state index contributed by atoms with van der Waals surface area (Å²) < 4.78 is 0. The number of aliphatic hydroxyl groups excluding tert-OH is 1. The zero-order chi connectivity index (χ0) is 14.1. The Hall–Kier alpha value is -1.92. The largest absolute Gasteiger partial charge is 0.393 e. The molecule has 0 saturated carbocycles. The van der Waals surface area contributed by atoms with Gasteiger partial charge in [0.2, 0.25) is 5.95 Å². The van der Waals surface area contributed by atoms with E-state index in [-0.39, 0.29) is 12.0 Å². The number of fused-ring (bicyclic) bond motifs is 1. The Bertz CT molecular complexity index is 616. The van der Waals surface area contributed by atoms with Gasteiger partial charge < -0.3 is 10.0 Å². The minimum absolute atomic E-state index is 0.290. The van der Waals surface area contributed by atoms with E-state index in [1.54, 1.807) is 0 Å². The Morgan fingerprint density at radius 3 is 2.90 bits per heavy atom. The van der Waals surface area contributed by atoms with Crippen LogP contribution in [0.2, 0.25) is 0 Å². The highest BCUT2D eigenvalue weighted by atomic mass is 16.3. The van der Waals surface area contributed by atoms with Crippen LogP contribution in [-0.4, -0.2) is 34.3 Å². The molecule has 2 unspecified atom stereocenters. The Morgan fingerprint density at radius 1 is 1.40 bits per heavy atom. The van der Waals surface area contributed by atoms with Crippen molar-refractivity contribution in [3.8, 4) is 0 Å². The molecule has 2 heterocycles. The summed E-state index contributed by atoms with van der Waals surface area (Å²) in [7, 11) is 0. The molecular weight excluding hydrogens is 254 g/mol. The molecule has 1 fully saturated rings. The Balaban J connectivity index is 2.02. The zero-order valence-electron chi connectivity index (χ0n) is 11.5. The van der Waals surface area contributed by atoms with Crippen molar-refractivity contribution in [1.82, 2.24) is 9.97 Å². The fourth-order valence-corrected chi connectivity index (χ4v) is 2.74. The van der Waals surface area contributed by atoms with Gasteiger partial charge in [-0.15, -0.1) is 0 Å². The van der Waals surface area contributed by atoms with Gasteiger partial charge in [-0.2, -0.15) is 4.98 Å². The molecule has 0 amide bonds. The second kappa shape index (κ2) is 5.22. The van der Waals surface area contributed by atoms with Crippen LogP contribution in [0.25, 0.3) is 10.9 Å². The molecule has 106 valence electrons. The maximum Gasteiger partial charge on any atom is 0.239 e. The maximum absolute atomic E-state index is 9.74. The Morgan fingerprint density at radius 2 is 2.20 bits per heavy atom. The smallest absolute Gasteiger partial charge is 0.239 e. The molecule has 20 heavy (non-hydrogen) atoms. The van der Waals surface area contributed by atoms with Gasteiger partial charge in [0.1, 0.15) is 5.82 Å². The summed E-state index contributed by atoms with van der Waals surface area (Å²) >= 11 is 0. The van der Waals surface area contributed by atoms with Gasteiger partial charge in [-0.05, 0) is 25.5 Å². The van der Waals surface area contributed by atoms with Crippen LogP contribution in [0.3, 0.4) is 0 Å². The van der Waals surface area contributed by atoms with E-state index in [2.05, 4.69) is 20.3 Å². The third kappa shape index (κ3) is 2.28. The number of hydrogen-bond donors (Lipinski definition) is 3. The molecule has 1 aliphatic rings. The van der Waals surface area contributed by atoms with Crippen molar-refractivity contribution < 1.29 is 5.11 Å². The summed E-state index contributed by atoms with van der Waals surface area (Å²) in [5.74, 6) is 7.04. The van der Waals surface area contributed by atoms with Crippen LogP contribution in [0.15, 0.2) is 24.3 Å². The molecule has 4 N–H and O–H groups in total. The first-order valence-electron chi connectivity index (χ1n) is 6.85. The first kappa shape index (κ1) is 13.1. The van der Waals surface area contributed by atoms with Gasteiger partial charge in [-0.3, -0.25) is 5.43 Å². The molecule has 0 spiro atoms. The second-order valence-corrected chi connectivity index (χ2v) is 5.27. The third-order valence-corrected chi connectivity index (χ3v) is 3.92. The van der Waals surface area contributed by atoms with E-state index in [1.165, 1.54) is 0 Å². The average Bonchev–Trinajstić information content (AvgIpc) is 2.96. The number of nitrogens with one attached hydrogen (secondary N) is 1. The summed E-state index contributed by atoms with van der Waals surface area (Å²) in [5, 5.41) is 10.8. The Labute approximate surface area is 117 Å². The van der Waals surface area contributed by atoms with Crippen molar-refractivity contribution in [3.63, 3.8) is 0 Å². The van der Waals surface area contributed by atoms with Crippen molar-refractivity contribution in [1.29, 1.82) is 0 Å². The van der Waals surface area contributed by atoms with E-state index in [4.69, 9.17) is 5.84 Å². The van der Waals surface area contributed by atoms with Crippen molar-refractivity contribution in [3.05, 3.63) is 24.3 Å². The predicted octanol–water partition coefficient (Wildman–Crippen LogP) is 1.12. The predicted molar refractivity (Wildman–Crippen MR) is 79.3 cm³/mol. The Kier molecular flexibility index (Phi) is 3.42. The van der Waals surface area contributed by atoms with Crippen molar-refractivity contribution >= 4 is 22.7 Å². The molecule has 0 bridgehead atoms. The highest BCUT2D eigenvalue weighted by Crippen LogP contribution is 2.30. The number of aromatic nitrogens is 2. The molecule has 2 atom stereocenters. The molecule has 3 rings (SSSR count). The number of nitrogens with two attached hydrogens (primary N) is 1. The quantitative estimate of drug-likeness (QED) is 0.574. The van der Waals surface area contributed by atoms with Gasteiger partial charge in [0.05, 0.1) is 11.6 Å². The van der Waals surface area contributed by atoms with E-state index in [0.29, 0.717) is 5.95 Å². The number of hydrogen-bond acceptors (Lipinski definition) is 6. The number of nitrogens with zero attached hydrogens (tertiary/aromatic N) is 3. The summed E-state index contributed by atoms with van der Waals surface area (Å²) in [6.07, 6.45) is 0.682. The minimum Gasteiger partial charge on any atom is -0.393 e. The molecule has 0 aliphatic carbocycles. The zero-order valence-corrected chi connectivity index (χ0v) is 11.5. The second-order valence-electron chi connectivity index (χ2n) is 5.27. The van der Waals surface area contributed by atoms with Crippen LogP contribution >= 0.6 is 0 Å². The van der Waals surface area contributed by atoms with Crippen LogP contribution in [0.1, 0.15) is 13.3 Å². The monoisotopic (exact) mass is 273 g/mol. The van der Waals surface area contributed by atoms with E-state index < -0.39 is 0 Å². The molecule has 1 aromatic carbocycles. The van der Waals surface area contributed by atoms with Gasteiger partial charge >= 0.3 is 0 Å². The van der Waals surface area contributed by atoms with E-state index >= 15 is 0 Å². The first-order chi connectivity index (χ1) is 9.69. The fourth-order valence-electron chi connectivity index (χ4n) is 2.74. The number of anilines is 2. The van der Waals surface area contributed by atoms with Crippen LogP contribution in [0.5, 0.6) is 0 Å². The van der Waals surface area contributed by atoms with Crippen molar-refractivity contribution in [2.45, 2.75) is 19.4 Å².